The molecule has 0 saturated heterocycles. The fraction of sp³-hybridized carbons (Fsp3) is 0.154. The minimum Gasteiger partial charge on any atom is -0.433 e. The summed E-state index contributed by atoms with van der Waals surface area (Å²) in [5, 5.41) is 0. The number of hydrogen-bond acceptors (Lipinski definition) is 3. The molecule has 1 aromatic rings. The summed E-state index contributed by atoms with van der Waals surface area (Å²) in [4.78, 5) is 3.88. The average molecular weight is 252 g/mol. The van der Waals surface area contributed by atoms with E-state index in [1.54, 1.807) is 19.9 Å². The third kappa shape index (κ3) is 4.01. The van der Waals surface area contributed by atoms with Crippen molar-refractivity contribution in [1.82, 2.24) is 0 Å². The molecule has 0 bridgehead atoms. The summed E-state index contributed by atoms with van der Waals surface area (Å²) in [6.07, 6.45) is 4.46. The maximum Gasteiger partial charge on any atom is 0.219 e. The maximum absolute atomic E-state index is 13.4. The number of aliphatic imine (C=N–C) groups is 1. The zero-order valence-corrected chi connectivity index (χ0v) is 10.2. The highest BCUT2D eigenvalue weighted by Gasteiger charge is 2.11. The Kier molecular flexibility index (Phi) is 5.05. The van der Waals surface area contributed by atoms with Crippen molar-refractivity contribution in [2.75, 3.05) is 0 Å². The molecule has 0 spiro atoms. The van der Waals surface area contributed by atoms with Gasteiger partial charge >= 0.3 is 0 Å². The minimum atomic E-state index is -0.791. The second kappa shape index (κ2) is 6.54. The Labute approximate surface area is 104 Å². The van der Waals surface area contributed by atoms with Crippen molar-refractivity contribution in [2.24, 2.45) is 10.7 Å². The molecule has 0 amide bonds. The van der Waals surface area contributed by atoms with E-state index in [1.165, 1.54) is 18.3 Å². The summed E-state index contributed by atoms with van der Waals surface area (Å²) in [6, 6.07) is 3.47. The van der Waals surface area contributed by atoms with E-state index < -0.39 is 17.4 Å². The summed E-state index contributed by atoms with van der Waals surface area (Å²) in [7, 11) is 0. The standard InChI is InChI=1S/C13H14F2N2O/c1-3-5-12(17-8-9(2)16)18-13-10(14)6-4-7-11(13)15/h3-8H,16H2,1-2H3/b5-3+,9-8+,17-12+. The van der Waals surface area contributed by atoms with Gasteiger partial charge in [-0.1, -0.05) is 12.1 Å². The summed E-state index contributed by atoms with van der Waals surface area (Å²) in [5.74, 6) is -2.02. The molecular weight excluding hydrogens is 238 g/mol. The Balaban J connectivity index is 3.05. The topological polar surface area (TPSA) is 47.6 Å². The molecule has 0 unspecified atom stereocenters. The average Bonchev–Trinajstić information content (AvgIpc) is 2.30. The first-order chi connectivity index (χ1) is 8.54. The van der Waals surface area contributed by atoms with Gasteiger partial charge in [0.2, 0.25) is 11.6 Å². The summed E-state index contributed by atoms with van der Waals surface area (Å²) >= 11 is 0. The molecule has 18 heavy (non-hydrogen) atoms. The van der Waals surface area contributed by atoms with Gasteiger partial charge in [0, 0.05) is 11.9 Å². The predicted molar refractivity (Wildman–Crippen MR) is 67.2 cm³/mol. The fourth-order valence-electron chi connectivity index (χ4n) is 1.10. The van der Waals surface area contributed by atoms with Crippen molar-refractivity contribution >= 4 is 5.90 Å². The molecule has 5 heteroatoms. The van der Waals surface area contributed by atoms with Crippen LogP contribution in [0.15, 0.2) is 47.2 Å². The quantitative estimate of drug-likeness (QED) is 0.663. The van der Waals surface area contributed by atoms with Gasteiger partial charge in [0.05, 0.1) is 0 Å². The van der Waals surface area contributed by atoms with E-state index >= 15 is 0 Å². The van der Waals surface area contributed by atoms with Gasteiger partial charge in [-0.15, -0.1) is 0 Å². The number of rotatable bonds is 3. The molecule has 0 heterocycles. The van der Waals surface area contributed by atoms with Crippen LogP contribution in [0.25, 0.3) is 0 Å². The molecule has 0 fully saturated rings. The molecule has 0 saturated carbocycles. The van der Waals surface area contributed by atoms with Crippen molar-refractivity contribution in [3.63, 3.8) is 0 Å². The number of ether oxygens (including phenoxy) is 1. The smallest absolute Gasteiger partial charge is 0.219 e. The van der Waals surface area contributed by atoms with Crippen molar-refractivity contribution in [3.8, 4) is 5.75 Å². The first-order valence-corrected chi connectivity index (χ1v) is 5.29. The maximum atomic E-state index is 13.4. The van der Waals surface area contributed by atoms with E-state index in [2.05, 4.69) is 4.99 Å². The first-order valence-electron chi connectivity index (χ1n) is 5.29. The lowest BCUT2D eigenvalue weighted by atomic mass is 10.3. The molecule has 0 aromatic heterocycles. The van der Waals surface area contributed by atoms with E-state index in [0.29, 0.717) is 5.70 Å². The molecule has 0 aliphatic carbocycles. The van der Waals surface area contributed by atoms with Crippen LogP contribution in [0.1, 0.15) is 13.8 Å². The van der Waals surface area contributed by atoms with Gasteiger partial charge in [-0.25, -0.2) is 13.8 Å². The molecule has 0 radical (unpaired) electrons. The summed E-state index contributed by atoms with van der Waals surface area (Å²) in [6.45, 7) is 3.37. The number of nitrogens with two attached hydrogens (primary N) is 1. The van der Waals surface area contributed by atoms with E-state index in [0.717, 1.165) is 12.1 Å². The van der Waals surface area contributed by atoms with Crippen LogP contribution < -0.4 is 10.5 Å². The van der Waals surface area contributed by atoms with Crippen LogP contribution >= 0.6 is 0 Å². The zero-order chi connectivity index (χ0) is 13.5. The monoisotopic (exact) mass is 252 g/mol. The third-order valence-electron chi connectivity index (χ3n) is 1.83. The number of benzene rings is 1. The van der Waals surface area contributed by atoms with E-state index in [9.17, 15) is 8.78 Å². The SMILES string of the molecule is C/C=C/C(=N\C=C(/C)N)Oc1c(F)cccc1F. The van der Waals surface area contributed by atoms with Crippen molar-refractivity contribution in [3.05, 3.63) is 53.9 Å². The molecule has 3 nitrogen and oxygen atoms in total. The third-order valence-corrected chi connectivity index (χ3v) is 1.83. The highest BCUT2D eigenvalue weighted by molar-refractivity contribution is 5.89. The van der Waals surface area contributed by atoms with Crippen molar-refractivity contribution in [2.45, 2.75) is 13.8 Å². The Morgan fingerprint density at radius 2 is 1.94 bits per heavy atom. The van der Waals surface area contributed by atoms with Crippen LogP contribution in [-0.4, -0.2) is 5.90 Å². The lowest BCUT2D eigenvalue weighted by Gasteiger charge is -2.06. The predicted octanol–water partition coefficient (Wildman–Crippen LogP) is 3.14. The zero-order valence-electron chi connectivity index (χ0n) is 10.2. The molecule has 0 atom stereocenters. The molecule has 1 rings (SSSR count). The molecule has 96 valence electrons. The Morgan fingerprint density at radius 1 is 1.33 bits per heavy atom. The number of halogens is 2. The van der Waals surface area contributed by atoms with Gasteiger partial charge in [-0.3, -0.25) is 0 Å². The largest absolute Gasteiger partial charge is 0.433 e. The van der Waals surface area contributed by atoms with Crippen LogP contribution in [0.3, 0.4) is 0 Å². The normalized spacial score (nSPS) is 13.1. The van der Waals surface area contributed by atoms with Crippen molar-refractivity contribution < 1.29 is 13.5 Å². The van der Waals surface area contributed by atoms with Gasteiger partial charge in [0.1, 0.15) is 0 Å². The Morgan fingerprint density at radius 3 is 2.44 bits per heavy atom. The molecule has 1 aromatic carbocycles. The van der Waals surface area contributed by atoms with Crippen LogP contribution in [-0.2, 0) is 0 Å². The number of para-hydroxylation sites is 1. The summed E-state index contributed by atoms with van der Waals surface area (Å²) in [5.41, 5.74) is 5.87. The van der Waals surface area contributed by atoms with Crippen LogP contribution in [0.4, 0.5) is 8.78 Å². The first kappa shape index (κ1) is 13.9. The minimum absolute atomic E-state index is 0.0475. The Bertz CT molecular complexity index is 483. The number of nitrogens with zero attached hydrogens (tertiary/aromatic N) is 1. The number of hydrogen-bond donors (Lipinski definition) is 1. The fourth-order valence-corrected chi connectivity index (χ4v) is 1.10. The Hall–Kier alpha value is -2.17. The molecule has 0 aliphatic rings. The second-order valence-corrected chi connectivity index (χ2v) is 3.49. The highest BCUT2D eigenvalue weighted by atomic mass is 19.1. The lowest BCUT2D eigenvalue weighted by molar-refractivity contribution is 0.449. The van der Waals surface area contributed by atoms with Crippen LogP contribution in [0.2, 0.25) is 0 Å². The van der Waals surface area contributed by atoms with Gasteiger partial charge in [-0.2, -0.15) is 0 Å². The summed E-state index contributed by atoms with van der Waals surface area (Å²) < 4.78 is 31.8. The molecule has 2 N–H and O–H groups in total. The lowest BCUT2D eigenvalue weighted by Crippen LogP contribution is -2.07. The highest BCUT2D eigenvalue weighted by Crippen LogP contribution is 2.21. The van der Waals surface area contributed by atoms with Crippen molar-refractivity contribution in [1.29, 1.82) is 0 Å². The van der Waals surface area contributed by atoms with Gasteiger partial charge < -0.3 is 10.5 Å². The van der Waals surface area contributed by atoms with Gasteiger partial charge in [0.15, 0.2) is 11.6 Å². The molecular formula is C13H14F2N2O. The second-order valence-electron chi connectivity index (χ2n) is 3.49. The van der Waals surface area contributed by atoms with Gasteiger partial charge in [-0.05, 0) is 32.1 Å². The van der Waals surface area contributed by atoms with Crippen LogP contribution in [0, 0.1) is 11.6 Å². The van der Waals surface area contributed by atoms with Gasteiger partial charge in [0.25, 0.3) is 0 Å². The van der Waals surface area contributed by atoms with Crippen LogP contribution in [0.5, 0.6) is 5.75 Å². The van der Waals surface area contributed by atoms with E-state index in [4.69, 9.17) is 10.5 Å². The number of allylic oxidation sites excluding steroid dienone is 2. The van der Waals surface area contributed by atoms with E-state index in [1.807, 2.05) is 0 Å². The van der Waals surface area contributed by atoms with E-state index in [-0.39, 0.29) is 5.90 Å². The molecule has 0 aliphatic heterocycles.